The Balaban J connectivity index is 2.23. The number of hydrogen-bond acceptors (Lipinski definition) is 3. The maximum absolute atomic E-state index is 5.99. The summed E-state index contributed by atoms with van der Waals surface area (Å²) in [6.07, 6.45) is 2.35. The van der Waals surface area contributed by atoms with E-state index in [1.54, 1.807) is 0 Å². The van der Waals surface area contributed by atoms with Crippen LogP contribution in [0.1, 0.15) is 45.2 Å². The van der Waals surface area contributed by atoms with Gasteiger partial charge in [0.1, 0.15) is 12.4 Å². The lowest BCUT2D eigenvalue weighted by atomic mass is 9.94. The number of ether oxygens (including phenoxy) is 1. The van der Waals surface area contributed by atoms with E-state index in [0.717, 1.165) is 38.4 Å². The third-order valence-electron chi connectivity index (χ3n) is 4.05. The molecular formula is C17H28N2O. The first kappa shape index (κ1) is 15.3. The highest BCUT2D eigenvalue weighted by Crippen LogP contribution is 2.34. The molecule has 2 unspecified atom stereocenters. The van der Waals surface area contributed by atoms with Gasteiger partial charge >= 0.3 is 0 Å². The second-order valence-electron chi connectivity index (χ2n) is 5.48. The van der Waals surface area contributed by atoms with Crippen LogP contribution in [-0.4, -0.2) is 37.2 Å². The number of benzene rings is 1. The molecule has 3 nitrogen and oxygen atoms in total. The van der Waals surface area contributed by atoms with E-state index in [1.165, 1.54) is 12.0 Å². The summed E-state index contributed by atoms with van der Waals surface area (Å²) in [7, 11) is 0. The molecule has 0 bridgehead atoms. The van der Waals surface area contributed by atoms with Crippen molar-refractivity contribution >= 4 is 0 Å². The van der Waals surface area contributed by atoms with Crippen molar-refractivity contribution in [2.24, 2.45) is 0 Å². The van der Waals surface area contributed by atoms with Gasteiger partial charge in [-0.2, -0.15) is 0 Å². The van der Waals surface area contributed by atoms with Crippen LogP contribution in [0.2, 0.25) is 0 Å². The molecule has 1 aromatic carbocycles. The monoisotopic (exact) mass is 276 g/mol. The SMILES string of the molecule is CCCNC1c2ccccc2OCC1N(CC)CCC. The topological polar surface area (TPSA) is 24.5 Å². The summed E-state index contributed by atoms with van der Waals surface area (Å²) >= 11 is 0. The fourth-order valence-electron chi connectivity index (χ4n) is 3.06. The molecule has 1 aromatic rings. The van der Waals surface area contributed by atoms with Gasteiger partial charge in [-0.3, -0.25) is 4.90 Å². The van der Waals surface area contributed by atoms with Crippen LogP contribution >= 0.6 is 0 Å². The van der Waals surface area contributed by atoms with Crippen molar-refractivity contribution in [3.05, 3.63) is 29.8 Å². The molecule has 2 atom stereocenters. The fourth-order valence-corrected chi connectivity index (χ4v) is 3.06. The quantitative estimate of drug-likeness (QED) is 0.827. The molecule has 1 N–H and O–H groups in total. The van der Waals surface area contributed by atoms with E-state index in [0.29, 0.717) is 12.1 Å². The van der Waals surface area contributed by atoms with Gasteiger partial charge in [0.25, 0.3) is 0 Å². The lowest BCUT2D eigenvalue weighted by Gasteiger charge is -2.40. The molecule has 1 aliphatic rings. The zero-order chi connectivity index (χ0) is 14.4. The molecule has 2 rings (SSSR count). The van der Waals surface area contributed by atoms with Crippen LogP contribution in [0.25, 0.3) is 0 Å². The largest absolute Gasteiger partial charge is 0.492 e. The maximum Gasteiger partial charge on any atom is 0.124 e. The Morgan fingerprint density at radius 2 is 2.00 bits per heavy atom. The zero-order valence-corrected chi connectivity index (χ0v) is 13.1. The smallest absolute Gasteiger partial charge is 0.124 e. The lowest BCUT2D eigenvalue weighted by molar-refractivity contribution is 0.0896. The molecule has 0 aromatic heterocycles. The Bertz CT molecular complexity index is 408. The van der Waals surface area contributed by atoms with Crippen LogP contribution in [0, 0.1) is 0 Å². The summed E-state index contributed by atoms with van der Waals surface area (Å²) in [6, 6.07) is 9.27. The minimum atomic E-state index is 0.381. The Hall–Kier alpha value is -1.06. The van der Waals surface area contributed by atoms with Gasteiger partial charge in [-0.15, -0.1) is 0 Å². The van der Waals surface area contributed by atoms with Gasteiger partial charge in [-0.1, -0.05) is 39.0 Å². The standard InChI is InChI=1S/C17H28N2O/c1-4-11-18-17-14-9-7-8-10-16(14)20-13-15(17)19(6-3)12-5-2/h7-10,15,17-18H,4-6,11-13H2,1-3H3. The summed E-state index contributed by atoms with van der Waals surface area (Å²) < 4.78 is 5.99. The van der Waals surface area contributed by atoms with Gasteiger partial charge in [0, 0.05) is 5.56 Å². The van der Waals surface area contributed by atoms with E-state index in [4.69, 9.17) is 4.74 Å². The third kappa shape index (κ3) is 3.33. The predicted molar refractivity (Wildman–Crippen MR) is 84.3 cm³/mol. The normalized spacial score (nSPS) is 21.6. The molecule has 0 spiro atoms. The number of likely N-dealkylation sites (N-methyl/N-ethyl adjacent to an activating group) is 1. The first-order valence-electron chi connectivity index (χ1n) is 8.00. The van der Waals surface area contributed by atoms with E-state index >= 15 is 0 Å². The summed E-state index contributed by atoms with van der Waals surface area (Å²) in [6.45, 7) is 10.8. The number of nitrogens with zero attached hydrogens (tertiary/aromatic N) is 1. The Kier molecular flexibility index (Phi) is 5.86. The molecule has 1 heterocycles. The van der Waals surface area contributed by atoms with Crippen molar-refractivity contribution in [1.82, 2.24) is 10.2 Å². The lowest BCUT2D eigenvalue weighted by Crippen LogP contribution is -2.50. The number of hydrogen-bond donors (Lipinski definition) is 1. The van der Waals surface area contributed by atoms with Crippen molar-refractivity contribution in [3.8, 4) is 5.75 Å². The van der Waals surface area contributed by atoms with Gasteiger partial charge in [0.05, 0.1) is 12.1 Å². The van der Waals surface area contributed by atoms with Crippen molar-refractivity contribution in [1.29, 1.82) is 0 Å². The van der Waals surface area contributed by atoms with Gasteiger partial charge in [-0.25, -0.2) is 0 Å². The fraction of sp³-hybridized carbons (Fsp3) is 0.647. The zero-order valence-electron chi connectivity index (χ0n) is 13.1. The number of nitrogens with one attached hydrogen (secondary N) is 1. The second kappa shape index (κ2) is 7.65. The van der Waals surface area contributed by atoms with E-state index < -0.39 is 0 Å². The summed E-state index contributed by atoms with van der Waals surface area (Å²) in [5, 5.41) is 3.73. The highest BCUT2D eigenvalue weighted by molar-refractivity contribution is 5.38. The number of rotatable bonds is 7. The first-order chi connectivity index (χ1) is 9.81. The summed E-state index contributed by atoms with van der Waals surface area (Å²) in [5.74, 6) is 1.05. The van der Waals surface area contributed by atoms with Gasteiger partial charge in [0.2, 0.25) is 0 Å². The van der Waals surface area contributed by atoms with E-state index in [1.807, 2.05) is 0 Å². The van der Waals surface area contributed by atoms with Crippen molar-refractivity contribution in [3.63, 3.8) is 0 Å². The van der Waals surface area contributed by atoms with Crippen molar-refractivity contribution in [2.75, 3.05) is 26.2 Å². The average Bonchev–Trinajstić information content (AvgIpc) is 2.50. The molecule has 0 amide bonds. The van der Waals surface area contributed by atoms with E-state index in [-0.39, 0.29) is 0 Å². The average molecular weight is 276 g/mol. The van der Waals surface area contributed by atoms with Crippen LogP contribution in [-0.2, 0) is 0 Å². The highest BCUT2D eigenvalue weighted by Gasteiger charge is 2.33. The van der Waals surface area contributed by atoms with Crippen molar-refractivity contribution < 1.29 is 4.74 Å². The van der Waals surface area contributed by atoms with Gasteiger partial charge < -0.3 is 10.1 Å². The molecule has 112 valence electrons. The molecule has 0 saturated carbocycles. The molecule has 0 radical (unpaired) electrons. The second-order valence-corrected chi connectivity index (χ2v) is 5.48. The summed E-state index contributed by atoms with van der Waals surface area (Å²) in [5.41, 5.74) is 1.31. The predicted octanol–water partition coefficient (Wildman–Crippen LogP) is 3.22. The molecule has 0 fully saturated rings. The van der Waals surface area contributed by atoms with Gasteiger partial charge in [0.15, 0.2) is 0 Å². The molecule has 20 heavy (non-hydrogen) atoms. The highest BCUT2D eigenvalue weighted by atomic mass is 16.5. The van der Waals surface area contributed by atoms with Crippen LogP contribution in [0.3, 0.4) is 0 Å². The molecule has 3 heteroatoms. The van der Waals surface area contributed by atoms with Crippen LogP contribution in [0.4, 0.5) is 0 Å². The third-order valence-corrected chi connectivity index (χ3v) is 4.05. The summed E-state index contributed by atoms with van der Waals surface area (Å²) in [4.78, 5) is 2.54. The Morgan fingerprint density at radius 1 is 1.20 bits per heavy atom. The van der Waals surface area contributed by atoms with Crippen LogP contribution < -0.4 is 10.1 Å². The minimum Gasteiger partial charge on any atom is -0.492 e. The molecule has 0 saturated heterocycles. The molecular weight excluding hydrogens is 248 g/mol. The van der Waals surface area contributed by atoms with Crippen LogP contribution in [0.5, 0.6) is 5.75 Å². The Labute approximate surface area is 123 Å². The first-order valence-corrected chi connectivity index (χ1v) is 8.00. The molecule has 1 aliphatic heterocycles. The van der Waals surface area contributed by atoms with E-state index in [2.05, 4.69) is 55.3 Å². The molecule has 0 aliphatic carbocycles. The van der Waals surface area contributed by atoms with Crippen LogP contribution in [0.15, 0.2) is 24.3 Å². The number of para-hydroxylation sites is 1. The van der Waals surface area contributed by atoms with Gasteiger partial charge in [-0.05, 0) is 38.5 Å². The number of fused-ring (bicyclic) bond motifs is 1. The maximum atomic E-state index is 5.99. The minimum absolute atomic E-state index is 0.381. The van der Waals surface area contributed by atoms with Crippen molar-refractivity contribution in [2.45, 2.75) is 45.7 Å². The Morgan fingerprint density at radius 3 is 2.70 bits per heavy atom. The van der Waals surface area contributed by atoms with E-state index in [9.17, 15) is 0 Å².